The van der Waals surface area contributed by atoms with E-state index >= 15 is 0 Å². The molecule has 2 unspecified atom stereocenters. The minimum absolute atomic E-state index is 0.735. The lowest BCUT2D eigenvalue weighted by molar-refractivity contribution is 0.318. The summed E-state index contributed by atoms with van der Waals surface area (Å²) >= 11 is 0. The highest BCUT2D eigenvalue weighted by atomic mass is 15.1. The Balaban J connectivity index is 2.05. The molecular formula is C12H22N2. The molecule has 2 atom stereocenters. The summed E-state index contributed by atoms with van der Waals surface area (Å²) < 4.78 is 0. The summed E-state index contributed by atoms with van der Waals surface area (Å²) in [5.41, 5.74) is 0. The molecule has 0 saturated carbocycles. The Labute approximate surface area is 88.1 Å². The van der Waals surface area contributed by atoms with Crippen molar-refractivity contribution in [2.24, 2.45) is 5.92 Å². The van der Waals surface area contributed by atoms with E-state index in [2.05, 4.69) is 30.1 Å². The van der Waals surface area contributed by atoms with Gasteiger partial charge in [0.2, 0.25) is 0 Å². The maximum Gasteiger partial charge on any atom is 0.0214 e. The lowest BCUT2D eigenvalue weighted by Gasteiger charge is -2.18. The zero-order valence-electron chi connectivity index (χ0n) is 9.42. The van der Waals surface area contributed by atoms with Crippen molar-refractivity contribution in [1.29, 1.82) is 0 Å². The molecule has 0 aromatic carbocycles. The fourth-order valence-corrected chi connectivity index (χ4v) is 1.98. The lowest BCUT2D eigenvalue weighted by atomic mass is 10.1. The molecule has 0 aromatic rings. The van der Waals surface area contributed by atoms with Gasteiger partial charge in [0.15, 0.2) is 0 Å². The second-order valence-electron chi connectivity index (χ2n) is 4.49. The van der Waals surface area contributed by atoms with Gasteiger partial charge in [-0.1, -0.05) is 6.92 Å². The molecule has 0 amide bonds. The van der Waals surface area contributed by atoms with E-state index in [1.165, 1.54) is 19.4 Å². The maximum absolute atomic E-state index is 5.22. The van der Waals surface area contributed by atoms with Crippen LogP contribution in [0.4, 0.5) is 0 Å². The Hall–Kier alpha value is -0.520. The Morgan fingerprint density at radius 2 is 2.29 bits per heavy atom. The van der Waals surface area contributed by atoms with E-state index in [1.807, 2.05) is 0 Å². The third kappa shape index (κ3) is 4.13. The van der Waals surface area contributed by atoms with Gasteiger partial charge < -0.3 is 10.2 Å². The number of hydrogen-bond acceptors (Lipinski definition) is 2. The molecule has 1 saturated heterocycles. The van der Waals surface area contributed by atoms with Gasteiger partial charge in [-0.25, -0.2) is 0 Å². The zero-order chi connectivity index (χ0) is 10.4. The van der Waals surface area contributed by atoms with E-state index in [4.69, 9.17) is 6.42 Å². The van der Waals surface area contributed by atoms with Gasteiger partial charge in [0.05, 0.1) is 0 Å². The first-order chi connectivity index (χ1) is 6.72. The normalized spacial score (nSPS) is 26.7. The highest BCUT2D eigenvalue weighted by Gasteiger charge is 2.19. The molecule has 1 fully saturated rings. The Kier molecular flexibility index (Phi) is 5.00. The van der Waals surface area contributed by atoms with Crippen LogP contribution in [0, 0.1) is 18.3 Å². The van der Waals surface area contributed by atoms with Crippen LogP contribution in [-0.2, 0) is 0 Å². The fourth-order valence-electron chi connectivity index (χ4n) is 1.98. The van der Waals surface area contributed by atoms with Crippen LogP contribution < -0.4 is 5.32 Å². The highest BCUT2D eigenvalue weighted by molar-refractivity contribution is 4.85. The van der Waals surface area contributed by atoms with Gasteiger partial charge in [-0.15, -0.1) is 12.3 Å². The Morgan fingerprint density at radius 1 is 1.50 bits per heavy atom. The third-order valence-corrected chi connectivity index (χ3v) is 2.94. The number of terminal acetylenes is 1. The number of nitrogens with zero attached hydrogens (tertiary/aromatic N) is 1. The van der Waals surface area contributed by atoms with E-state index in [0.717, 1.165) is 31.5 Å². The van der Waals surface area contributed by atoms with Gasteiger partial charge in [0.1, 0.15) is 0 Å². The summed E-state index contributed by atoms with van der Waals surface area (Å²) in [5.74, 6) is 3.53. The standard InChI is InChI=1S/C12H22N2/c1-4-5-7-14(3)8-6-12-9-11(2)10-13-12/h1,11-13H,5-10H2,2-3H3. The van der Waals surface area contributed by atoms with Gasteiger partial charge in [0.25, 0.3) is 0 Å². The fraction of sp³-hybridized carbons (Fsp3) is 0.833. The summed E-state index contributed by atoms with van der Waals surface area (Å²) in [6.45, 7) is 5.69. The highest BCUT2D eigenvalue weighted by Crippen LogP contribution is 2.15. The second-order valence-corrected chi connectivity index (χ2v) is 4.49. The monoisotopic (exact) mass is 194 g/mol. The van der Waals surface area contributed by atoms with Crippen LogP contribution in [0.5, 0.6) is 0 Å². The molecule has 0 bridgehead atoms. The smallest absolute Gasteiger partial charge is 0.0214 e. The molecule has 80 valence electrons. The summed E-state index contributed by atoms with van der Waals surface area (Å²) in [6.07, 6.45) is 8.68. The minimum Gasteiger partial charge on any atom is -0.314 e. The Morgan fingerprint density at radius 3 is 2.86 bits per heavy atom. The number of rotatable bonds is 5. The van der Waals surface area contributed by atoms with E-state index in [0.29, 0.717) is 0 Å². The van der Waals surface area contributed by atoms with Crippen LogP contribution in [0.25, 0.3) is 0 Å². The van der Waals surface area contributed by atoms with E-state index in [9.17, 15) is 0 Å². The van der Waals surface area contributed by atoms with E-state index in [-0.39, 0.29) is 0 Å². The molecule has 1 rings (SSSR count). The van der Waals surface area contributed by atoms with Crippen LogP contribution in [0.1, 0.15) is 26.2 Å². The maximum atomic E-state index is 5.22. The molecule has 1 aliphatic heterocycles. The molecule has 2 nitrogen and oxygen atoms in total. The summed E-state index contributed by atoms with van der Waals surface area (Å²) in [6, 6.07) is 0.735. The molecule has 1 aliphatic rings. The SMILES string of the molecule is C#CCCN(C)CCC1CC(C)CN1. The first kappa shape index (κ1) is 11.6. The Bertz CT molecular complexity index is 195. The average molecular weight is 194 g/mol. The molecule has 0 aromatic heterocycles. The quantitative estimate of drug-likeness (QED) is 0.664. The van der Waals surface area contributed by atoms with Gasteiger partial charge in [-0.05, 0) is 38.9 Å². The van der Waals surface area contributed by atoms with Gasteiger partial charge in [-0.2, -0.15) is 0 Å². The molecule has 0 radical (unpaired) electrons. The number of hydrogen-bond donors (Lipinski definition) is 1. The van der Waals surface area contributed by atoms with Crippen molar-refractivity contribution in [1.82, 2.24) is 10.2 Å². The number of nitrogens with one attached hydrogen (secondary N) is 1. The molecule has 2 heteroatoms. The van der Waals surface area contributed by atoms with E-state index < -0.39 is 0 Å². The van der Waals surface area contributed by atoms with Crippen molar-refractivity contribution >= 4 is 0 Å². The summed E-state index contributed by atoms with van der Waals surface area (Å²) in [7, 11) is 2.15. The molecule has 0 spiro atoms. The van der Waals surface area contributed by atoms with Gasteiger partial charge in [-0.3, -0.25) is 0 Å². The zero-order valence-corrected chi connectivity index (χ0v) is 9.42. The van der Waals surface area contributed by atoms with Gasteiger partial charge in [0, 0.05) is 19.0 Å². The predicted molar refractivity (Wildman–Crippen MR) is 61.1 cm³/mol. The van der Waals surface area contributed by atoms with Crippen molar-refractivity contribution in [2.75, 3.05) is 26.7 Å². The first-order valence-electron chi connectivity index (χ1n) is 5.57. The predicted octanol–water partition coefficient (Wildman–Crippen LogP) is 1.33. The van der Waals surface area contributed by atoms with Gasteiger partial charge >= 0.3 is 0 Å². The van der Waals surface area contributed by atoms with Crippen molar-refractivity contribution < 1.29 is 0 Å². The molecule has 0 aliphatic carbocycles. The van der Waals surface area contributed by atoms with E-state index in [1.54, 1.807) is 0 Å². The molecule has 1 N–H and O–H groups in total. The van der Waals surface area contributed by atoms with Crippen LogP contribution in [0.15, 0.2) is 0 Å². The van der Waals surface area contributed by atoms with Crippen LogP contribution in [0.3, 0.4) is 0 Å². The minimum atomic E-state index is 0.735. The van der Waals surface area contributed by atoms with Crippen molar-refractivity contribution in [3.63, 3.8) is 0 Å². The molecule has 14 heavy (non-hydrogen) atoms. The first-order valence-corrected chi connectivity index (χ1v) is 5.57. The molecular weight excluding hydrogens is 172 g/mol. The van der Waals surface area contributed by atoms with Crippen LogP contribution in [0.2, 0.25) is 0 Å². The average Bonchev–Trinajstić information content (AvgIpc) is 2.58. The van der Waals surface area contributed by atoms with Crippen LogP contribution in [-0.4, -0.2) is 37.6 Å². The van der Waals surface area contributed by atoms with Crippen molar-refractivity contribution in [3.8, 4) is 12.3 Å². The third-order valence-electron chi connectivity index (χ3n) is 2.94. The summed E-state index contributed by atoms with van der Waals surface area (Å²) in [4.78, 5) is 2.32. The second kappa shape index (κ2) is 6.06. The largest absolute Gasteiger partial charge is 0.314 e. The molecule has 1 heterocycles. The van der Waals surface area contributed by atoms with Crippen molar-refractivity contribution in [3.05, 3.63) is 0 Å². The lowest BCUT2D eigenvalue weighted by Crippen LogP contribution is -2.28. The van der Waals surface area contributed by atoms with Crippen LogP contribution >= 0.6 is 0 Å². The topological polar surface area (TPSA) is 15.3 Å². The summed E-state index contributed by atoms with van der Waals surface area (Å²) in [5, 5.41) is 3.55. The van der Waals surface area contributed by atoms with Crippen molar-refractivity contribution in [2.45, 2.75) is 32.2 Å².